The van der Waals surface area contributed by atoms with E-state index in [1.54, 1.807) is 6.07 Å². The van der Waals surface area contributed by atoms with E-state index in [-0.39, 0.29) is 5.69 Å². The smallest absolute Gasteiger partial charge is 0.258 e. The molecule has 86 valence electrons. The number of nitro groups is 1. The van der Waals surface area contributed by atoms with Crippen molar-refractivity contribution in [2.45, 2.75) is 12.8 Å². The number of hydrogen-bond acceptors (Lipinski definition) is 5. The summed E-state index contributed by atoms with van der Waals surface area (Å²) >= 11 is 0. The van der Waals surface area contributed by atoms with Gasteiger partial charge in [0.2, 0.25) is 0 Å². The van der Waals surface area contributed by atoms with Crippen LogP contribution in [0.5, 0.6) is 0 Å². The van der Waals surface area contributed by atoms with Crippen molar-refractivity contribution < 1.29 is 13.7 Å². The largest absolute Gasteiger partial charge is 0.309 e. The van der Waals surface area contributed by atoms with E-state index in [0.717, 1.165) is 0 Å². The summed E-state index contributed by atoms with van der Waals surface area (Å²) in [7, 11) is 0. The second-order valence-electron chi connectivity index (χ2n) is 2.89. The standard InChI is InChI=1S/C9H4F2N4O2/c10-9(11)6-4-14-7(1-2-12)8(15(16)17)5(6)3-13/h4,9H,1H2. The van der Waals surface area contributed by atoms with Gasteiger partial charge in [-0.2, -0.15) is 10.5 Å². The van der Waals surface area contributed by atoms with Gasteiger partial charge in [-0.15, -0.1) is 0 Å². The molecule has 1 rings (SSSR count). The van der Waals surface area contributed by atoms with Crippen LogP contribution in [0.4, 0.5) is 14.5 Å². The summed E-state index contributed by atoms with van der Waals surface area (Å²) in [5.41, 5.74) is -2.67. The molecule has 0 N–H and O–H groups in total. The third-order valence-electron chi connectivity index (χ3n) is 1.93. The van der Waals surface area contributed by atoms with Gasteiger partial charge in [-0.05, 0) is 0 Å². The number of nitrogens with zero attached hydrogens (tertiary/aromatic N) is 4. The van der Waals surface area contributed by atoms with Crippen molar-refractivity contribution in [2.75, 3.05) is 0 Å². The van der Waals surface area contributed by atoms with Crippen molar-refractivity contribution in [1.82, 2.24) is 4.98 Å². The maximum absolute atomic E-state index is 12.5. The Morgan fingerprint density at radius 1 is 1.53 bits per heavy atom. The normalized spacial score (nSPS) is 9.71. The average Bonchev–Trinajstić information content (AvgIpc) is 2.27. The Labute approximate surface area is 93.9 Å². The zero-order valence-electron chi connectivity index (χ0n) is 8.22. The Bertz CT molecular complexity index is 545. The molecule has 0 aliphatic carbocycles. The van der Waals surface area contributed by atoms with E-state index in [2.05, 4.69) is 4.98 Å². The summed E-state index contributed by atoms with van der Waals surface area (Å²) in [4.78, 5) is 13.2. The van der Waals surface area contributed by atoms with Crippen LogP contribution in [0.3, 0.4) is 0 Å². The molecule has 0 aromatic carbocycles. The number of rotatable bonds is 3. The number of alkyl halides is 2. The molecule has 0 unspecified atom stereocenters. The van der Waals surface area contributed by atoms with Crippen molar-refractivity contribution in [3.05, 3.63) is 33.1 Å². The first kappa shape index (κ1) is 12.5. The molecule has 17 heavy (non-hydrogen) atoms. The number of halogens is 2. The number of nitriles is 2. The first-order valence-corrected chi connectivity index (χ1v) is 4.24. The van der Waals surface area contributed by atoms with Crippen LogP contribution in [0.2, 0.25) is 0 Å². The van der Waals surface area contributed by atoms with Gasteiger partial charge in [-0.25, -0.2) is 8.78 Å². The van der Waals surface area contributed by atoms with Gasteiger partial charge in [0.05, 0.1) is 23.0 Å². The van der Waals surface area contributed by atoms with Crippen LogP contribution < -0.4 is 0 Å². The quantitative estimate of drug-likeness (QED) is 0.590. The van der Waals surface area contributed by atoms with Gasteiger partial charge in [-0.3, -0.25) is 15.1 Å². The number of aromatic nitrogens is 1. The first-order valence-electron chi connectivity index (χ1n) is 4.24. The molecular weight excluding hydrogens is 234 g/mol. The van der Waals surface area contributed by atoms with E-state index in [4.69, 9.17) is 10.5 Å². The minimum Gasteiger partial charge on any atom is -0.258 e. The molecular formula is C9H4F2N4O2. The summed E-state index contributed by atoms with van der Waals surface area (Å²) < 4.78 is 25.0. The molecule has 0 radical (unpaired) electrons. The molecule has 0 fully saturated rings. The molecule has 6 nitrogen and oxygen atoms in total. The summed E-state index contributed by atoms with van der Waals surface area (Å²) in [6, 6.07) is 2.97. The van der Waals surface area contributed by atoms with Gasteiger partial charge < -0.3 is 0 Å². The Hall–Kier alpha value is -2.61. The Morgan fingerprint density at radius 2 is 2.18 bits per heavy atom. The fraction of sp³-hybridized carbons (Fsp3) is 0.222. The summed E-state index contributed by atoms with van der Waals surface area (Å²) in [6.45, 7) is 0. The minimum atomic E-state index is -3.04. The molecule has 1 heterocycles. The second kappa shape index (κ2) is 4.94. The lowest BCUT2D eigenvalue weighted by Gasteiger charge is -2.05. The minimum absolute atomic E-state index is 0.293. The Kier molecular flexibility index (Phi) is 3.62. The fourth-order valence-electron chi connectivity index (χ4n) is 1.24. The summed E-state index contributed by atoms with van der Waals surface area (Å²) in [6.07, 6.45) is -2.77. The molecule has 0 atom stereocenters. The lowest BCUT2D eigenvalue weighted by Crippen LogP contribution is -2.05. The Balaban J connectivity index is 3.58. The second-order valence-corrected chi connectivity index (χ2v) is 2.89. The summed E-state index contributed by atoms with van der Waals surface area (Å²) in [5.74, 6) is 0. The maximum Gasteiger partial charge on any atom is 0.309 e. The first-order chi connectivity index (χ1) is 8.02. The van der Waals surface area contributed by atoms with Crippen LogP contribution in [0, 0.1) is 32.8 Å². The van der Waals surface area contributed by atoms with Gasteiger partial charge in [-0.1, -0.05) is 0 Å². The molecule has 0 saturated carbocycles. The van der Waals surface area contributed by atoms with Gasteiger partial charge in [0.25, 0.3) is 6.43 Å². The van der Waals surface area contributed by atoms with Crippen LogP contribution in [0.1, 0.15) is 23.2 Å². The number of pyridine rings is 1. The third kappa shape index (κ3) is 2.32. The lowest BCUT2D eigenvalue weighted by molar-refractivity contribution is -0.386. The van der Waals surface area contributed by atoms with Gasteiger partial charge in [0.1, 0.15) is 17.3 Å². The average molecular weight is 238 g/mol. The molecule has 0 bridgehead atoms. The van der Waals surface area contributed by atoms with Crippen molar-refractivity contribution in [3.63, 3.8) is 0 Å². The Morgan fingerprint density at radius 3 is 2.59 bits per heavy atom. The van der Waals surface area contributed by atoms with E-state index in [1.807, 2.05) is 0 Å². The van der Waals surface area contributed by atoms with Crippen LogP contribution in [-0.4, -0.2) is 9.91 Å². The van der Waals surface area contributed by atoms with E-state index in [0.29, 0.717) is 6.20 Å². The van der Waals surface area contributed by atoms with E-state index in [1.165, 1.54) is 6.07 Å². The van der Waals surface area contributed by atoms with Crippen molar-refractivity contribution in [1.29, 1.82) is 10.5 Å². The van der Waals surface area contributed by atoms with Crippen LogP contribution >= 0.6 is 0 Å². The van der Waals surface area contributed by atoms with Crippen molar-refractivity contribution in [2.24, 2.45) is 0 Å². The van der Waals surface area contributed by atoms with Crippen LogP contribution in [0.25, 0.3) is 0 Å². The van der Waals surface area contributed by atoms with Crippen LogP contribution in [-0.2, 0) is 6.42 Å². The third-order valence-corrected chi connectivity index (χ3v) is 1.93. The SMILES string of the molecule is N#CCc1ncc(C(F)F)c(C#N)c1[N+](=O)[O-]. The maximum atomic E-state index is 12.5. The highest BCUT2D eigenvalue weighted by atomic mass is 19.3. The molecule has 0 aliphatic heterocycles. The predicted molar refractivity (Wildman–Crippen MR) is 49.9 cm³/mol. The summed E-state index contributed by atoms with van der Waals surface area (Å²) in [5, 5.41) is 27.8. The molecule has 0 saturated heterocycles. The lowest BCUT2D eigenvalue weighted by atomic mass is 10.1. The highest BCUT2D eigenvalue weighted by Crippen LogP contribution is 2.30. The van der Waals surface area contributed by atoms with Gasteiger partial charge >= 0.3 is 5.69 Å². The van der Waals surface area contributed by atoms with E-state index < -0.39 is 34.6 Å². The zero-order valence-corrected chi connectivity index (χ0v) is 8.22. The molecule has 0 aliphatic rings. The van der Waals surface area contributed by atoms with Crippen molar-refractivity contribution in [3.8, 4) is 12.1 Å². The molecule has 1 aromatic rings. The number of hydrogen-bond donors (Lipinski definition) is 0. The van der Waals surface area contributed by atoms with Gasteiger partial charge in [0.15, 0.2) is 0 Å². The van der Waals surface area contributed by atoms with Crippen LogP contribution in [0.15, 0.2) is 6.20 Å². The molecule has 8 heteroatoms. The molecule has 1 aromatic heterocycles. The molecule has 0 spiro atoms. The monoisotopic (exact) mass is 238 g/mol. The molecule has 0 amide bonds. The van der Waals surface area contributed by atoms with Crippen molar-refractivity contribution >= 4 is 5.69 Å². The highest BCUT2D eigenvalue weighted by Gasteiger charge is 2.27. The predicted octanol–water partition coefficient (Wildman–Crippen LogP) is 1.87. The van der Waals surface area contributed by atoms with E-state index in [9.17, 15) is 18.9 Å². The highest BCUT2D eigenvalue weighted by molar-refractivity contribution is 5.56. The van der Waals surface area contributed by atoms with Gasteiger partial charge in [0, 0.05) is 6.20 Å². The zero-order chi connectivity index (χ0) is 13.0. The fourth-order valence-corrected chi connectivity index (χ4v) is 1.24. The topological polar surface area (TPSA) is 104 Å². The van der Waals surface area contributed by atoms with E-state index >= 15 is 0 Å².